The van der Waals surface area contributed by atoms with Gasteiger partial charge in [-0.15, -0.1) is 0 Å². The molecule has 0 aliphatic heterocycles. The number of benzene rings is 1. The number of carboxylic acid groups (broad SMARTS) is 1. The number of alkyl halides is 9. The molecular weight excluding hydrogens is 691 g/mol. The predicted octanol–water partition coefficient (Wildman–Crippen LogP) is 11.6. The minimum absolute atomic E-state index is 0.0382. The molecule has 4 aliphatic carbocycles. The van der Waals surface area contributed by atoms with E-state index >= 15 is 0 Å². The molecule has 0 bridgehead atoms. The Kier molecular flexibility index (Phi) is 11.4. The highest BCUT2D eigenvalue weighted by atomic mass is 19.4. The number of aliphatic hydroxyl groups excluding tert-OH is 1. The first-order valence-corrected chi connectivity index (χ1v) is 18.6. The van der Waals surface area contributed by atoms with Crippen LogP contribution in [0.3, 0.4) is 0 Å². The number of aliphatic hydroxyl groups is 1. The van der Waals surface area contributed by atoms with E-state index in [1.165, 1.54) is 37.7 Å². The van der Waals surface area contributed by atoms with Gasteiger partial charge in [0.1, 0.15) is 5.75 Å². The van der Waals surface area contributed by atoms with Crippen molar-refractivity contribution in [3.8, 4) is 5.75 Å². The topological polar surface area (TPSA) is 77.8 Å². The Morgan fingerprint density at radius 1 is 0.804 bits per heavy atom. The minimum Gasteiger partial charge on any atom is -0.508 e. The van der Waals surface area contributed by atoms with E-state index < -0.39 is 61.2 Å². The van der Waals surface area contributed by atoms with Gasteiger partial charge in [-0.05, 0) is 122 Å². The molecule has 1 aromatic rings. The summed E-state index contributed by atoms with van der Waals surface area (Å²) in [6.07, 6.45) is 2.78. The third-order valence-corrected chi connectivity index (χ3v) is 13.6. The van der Waals surface area contributed by atoms with Crippen molar-refractivity contribution in [2.24, 2.45) is 34.5 Å². The lowest BCUT2D eigenvalue weighted by Gasteiger charge is -2.55. The molecule has 5 rings (SSSR count). The van der Waals surface area contributed by atoms with Crippen LogP contribution in [0.2, 0.25) is 0 Å². The van der Waals surface area contributed by atoms with Crippen LogP contribution in [0.15, 0.2) is 18.2 Å². The molecule has 3 fully saturated rings. The zero-order valence-electron chi connectivity index (χ0n) is 29.1. The fourth-order valence-corrected chi connectivity index (χ4v) is 10.5. The lowest BCUT2D eigenvalue weighted by Crippen LogP contribution is -2.60. The summed E-state index contributed by atoms with van der Waals surface area (Å²) in [5, 5.41) is 31.4. The molecule has 0 heterocycles. The Labute approximate surface area is 293 Å². The molecule has 3 saturated carbocycles. The zero-order chi connectivity index (χ0) is 37.6. The quantitative estimate of drug-likeness (QED) is 0.110. The first-order valence-electron chi connectivity index (χ1n) is 18.6. The van der Waals surface area contributed by atoms with Crippen molar-refractivity contribution in [3.05, 3.63) is 29.3 Å². The second-order valence-electron chi connectivity index (χ2n) is 16.3. The average molecular weight is 743 g/mol. The Morgan fingerprint density at radius 2 is 1.41 bits per heavy atom. The van der Waals surface area contributed by atoms with Gasteiger partial charge in [-0.1, -0.05) is 57.9 Å². The number of phenolic OH excluding ortho intramolecular Hbond substituents is 1. The molecule has 4 unspecified atom stereocenters. The Bertz CT molecular complexity index is 1380. The summed E-state index contributed by atoms with van der Waals surface area (Å²) in [7, 11) is 0. The van der Waals surface area contributed by atoms with E-state index in [9.17, 15) is 59.6 Å². The number of aromatic hydroxyl groups is 1. The number of carboxylic acids is 1. The maximum absolute atomic E-state index is 13.8. The lowest BCUT2D eigenvalue weighted by molar-refractivity contribution is -0.396. The molecule has 0 saturated heterocycles. The van der Waals surface area contributed by atoms with E-state index in [1.807, 2.05) is 6.07 Å². The van der Waals surface area contributed by atoms with Crippen molar-refractivity contribution < 1.29 is 59.6 Å². The molecule has 4 nitrogen and oxygen atoms in total. The summed E-state index contributed by atoms with van der Waals surface area (Å²) in [5.41, 5.74) is 2.84. The van der Waals surface area contributed by atoms with Crippen molar-refractivity contribution in [1.29, 1.82) is 0 Å². The number of rotatable bonds is 17. The van der Waals surface area contributed by atoms with Gasteiger partial charge in [0.25, 0.3) is 0 Å². The van der Waals surface area contributed by atoms with Crippen LogP contribution in [-0.2, 0) is 4.79 Å². The first kappa shape index (κ1) is 40.0. The first-order chi connectivity index (χ1) is 23.7. The van der Waals surface area contributed by atoms with Crippen molar-refractivity contribution in [2.75, 3.05) is 0 Å². The van der Waals surface area contributed by atoms with E-state index in [0.29, 0.717) is 41.4 Å². The summed E-state index contributed by atoms with van der Waals surface area (Å²) < 4.78 is 118. The largest absolute Gasteiger partial charge is 0.508 e. The SMILES string of the molecule is C[C@]12CCC3c4ccc(O)cc4[C@H](O)[C@@H](CCCCCCCCCC(CCCC(F)(F)C(F)(F)C(F)(F)C(F)(F)F)C(=O)O)C3C1CCC21CC1. The zero-order valence-corrected chi connectivity index (χ0v) is 29.1. The predicted molar refractivity (Wildman–Crippen MR) is 172 cm³/mol. The van der Waals surface area contributed by atoms with E-state index in [4.69, 9.17) is 0 Å². The molecule has 3 N–H and O–H groups in total. The number of hydrogen-bond donors (Lipinski definition) is 3. The highest BCUT2D eigenvalue weighted by Gasteiger charge is 2.81. The number of unbranched alkanes of at least 4 members (excludes halogenated alkanes) is 6. The van der Waals surface area contributed by atoms with Gasteiger partial charge in [0.05, 0.1) is 12.0 Å². The van der Waals surface area contributed by atoms with E-state index in [1.54, 1.807) is 12.1 Å². The molecule has 0 aromatic heterocycles. The summed E-state index contributed by atoms with van der Waals surface area (Å²) in [6.45, 7) is 2.49. The lowest BCUT2D eigenvalue weighted by atomic mass is 9.50. The van der Waals surface area contributed by atoms with Crippen molar-refractivity contribution in [3.63, 3.8) is 0 Å². The number of hydrogen-bond acceptors (Lipinski definition) is 3. The van der Waals surface area contributed by atoms with Crippen LogP contribution in [0.5, 0.6) is 5.75 Å². The van der Waals surface area contributed by atoms with Gasteiger partial charge < -0.3 is 15.3 Å². The fourth-order valence-electron chi connectivity index (χ4n) is 10.5. The Balaban J connectivity index is 1.04. The number of aliphatic carboxylic acids is 1. The summed E-state index contributed by atoms with van der Waals surface area (Å²) in [4.78, 5) is 11.6. The van der Waals surface area contributed by atoms with Gasteiger partial charge in [-0.2, -0.15) is 39.5 Å². The van der Waals surface area contributed by atoms with E-state index in [-0.39, 0.29) is 18.1 Å². The van der Waals surface area contributed by atoms with Crippen LogP contribution < -0.4 is 0 Å². The van der Waals surface area contributed by atoms with Gasteiger partial charge in [-0.25, -0.2) is 0 Å². The van der Waals surface area contributed by atoms with Crippen molar-refractivity contribution >= 4 is 5.97 Å². The van der Waals surface area contributed by atoms with Crippen LogP contribution in [0.25, 0.3) is 0 Å². The summed E-state index contributed by atoms with van der Waals surface area (Å²) >= 11 is 0. The number of carbonyl (C=O) groups is 1. The van der Waals surface area contributed by atoms with Crippen molar-refractivity contribution in [1.82, 2.24) is 0 Å². The molecule has 51 heavy (non-hydrogen) atoms. The maximum Gasteiger partial charge on any atom is 0.460 e. The Morgan fingerprint density at radius 3 is 2.02 bits per heavy atom. The van der Waals surface area contributed by atoms with Gasteiger partial charge in [0.2, 0.25) is 0 Å². The number of halogens is 9. The second kappa shape index (κ2) is 14.6. The summed E-state index contributed by atoms with van der Waals surface area (Å²) in [5.74, 6) is -20.3. The van der Waals surface area contributed by atoms with Crippen LogP contribution >= 0.6 is 0 Å². The fraction of sp³-hybridized carbons (Fsp3) is 0.816. The molecule has 7 atom stereocenters. The molecule has 13 heteroatoms. The Hall–Kier alpha value is -2.18. The highest BCUT2D eigenvalue weighted by molar-refractivity contribution is 5.69. The van der Waals surface area contributed by atoms with Gasteiger partial charge >= 0.3 is 29.9 Å². The molecule has 290 valence electrons. The minimum atomic E-state index is -6.94. The molecule has 1 spiro atoms. The van der Waals surface area contributed by atoms with E-state index in [0.717, 1.165) is 50.5 Å². The van der Waals surface area contributed by atoms with Gasteiger partial charge in [0.15, 0.2) is 0 Å². The van der Waals surface area contributed by atoms with Crippen LogP contribution in [0, 0.1) is 34.5 Å². The normalized spacial score (nSPS) is 29.4. The number of phenols is 1. The third kappa shape index (κ3) is 7.36. The standard InChI is InChI=1S/C38H51F9O4/c1-33-18-15-26-25-14-13-24(48)22-28(25)31(49)27(30(26)29(33)16-19-34(33)20-21-34)12-8-6-4-2-3-5-7-10-23(32(50)51)11-9-17-35(39,40)36(41,42)37(43,44)38(45,46)47/h13-14,22-23,26-27,29-31,48-49H,2-12,15-21H2,1H3,(H,50,51)/t23?,26?,27-,29?,30?,31+,33-/m0/s1. The van der Waals surface area contributed by atoms with Gasteiger partial charge in [0, 0.05) is 6.42 Å². The van der Waals surface area contributed by atoms with Gasteiger partial charge in [-0.3, -0.25) is 4.79 Å². The number of fused-ring (bicyclic) bond motifs is 6. The van der Waals surface area contributed by atoms with Crippen LogP contribution in [0.1, 0.15) is 146 Å². The second-order valence-corrected chi connectivity index (χ2v) is 16.3. The molecule has 4 aliphatic rings. The van der Waals surface area contributed by atoms with Crippen LogP contribution in [0.4, 0.5) is 39.5 Å². The summed E-state index contributed by atoms with van der Waals surface area (Å²) in [6, 6.07) is 5.48. The average Bonchev–Trinajstić information content (AvgIpc) is 3.78. The molecule has 1 aromatic carbocycles. The third-order valence-electron chi connectivity index (χ3n) is 13.6. The monoisotopic (exact) mass is 742 g/mol. The highest BCUT2D eigenvalue weighted by Crippen LogP contribution is 2.77. The maximum atomic E-state index is 13.8. The smallest absolute Gasteiger partial charge is 0.460 e. The van der Waals surface area contributed by atoms with Crippen molar-refractivity contribution in [2.45, 2.75) is 158 Å². The molecular formula is C38H51F9O4. The van der Waals surface area contributed by atoms with Crippen LogP contribution in [-0.4, -0.2) is 45.2 Å². The molecule has 0 amide bonds. The molecule has 0 radical (unpaired) electrons. The van der Waals surface area contributed by atoms with E-state index in [2.05, 4.69) is 6.92 Å².